The Hall–Kier alpha value is -1.81. The molecule has 0 unspecified atom stereocenters. The first-order chi connectivity index (χ1) is 9.74. The van der Waals surface area contributed by atoms with Crippen LogP contribution in [0.3, 0.4) is 0 Å². The second-order valence-electron chi connectivity index (χ2n) is 5.53. The van der Waals surface area contributed by atoms with Gasteiger partial charge < -0.3 is 9.64 Å². The first-order valence-corrected chi connectivity index (χ1v) is 7.17. The number of nitrogens with zero attached hydrogens (tertiary/aromatic N) is 3. The predicted molar refractivity (Wildman–Crippen MR) is 79.8 cm³/mol. The van der Waals surface area contributed by atoms with E-state index in [-0.39, 0.29) is 0 Å². The molecule has 1 aromatic heterocycles. The number of rotatable bonds is 3. The third kappa shape index (κ3) is 2.70. The van der Waals surface area contributed by atoms with E-state index >= 15 is 0 Å². The minimum atomic E-state index is 0.406. The van der Waals surface area contributed by atoms with Crippen molar-refractivity contribution in [1.29, 1.82) is 0 Å². The van der Waals surface area contributed by atoms with E-state index in [0.29, 0.717) is 12.6 Å². The van der Waals surface area contributed by atoms with E-state index in [0.717, 1.165) is 19.7 Å². The lowest BCUT2D eigenvalue weighted by Crippen LogP contribution is -2.25. The van der Waals surface area contributed by atoms with Crippen molar-refractivity contribution in [2.45, 2.75) is 33.0 Å². The molecule has 1 aliphatic heterocycles. The molecule has 0 bridgehead atoms. The van der Waals surface area contributed by atoms with Gasteiger partial charge in [-0.15, -0.1) is 0 Å². The van der Waals surface area contributed by atoms with Crippen LogP contribution in [0.15, 0.2) is 36.7 Å². The van der Waals surface area contributed by atoms with Crippen molar-refractivity contribution >= 4 is 5.69 Å². The molecule has 4 nitrogen and oxygen atoms in total. The second kappa shape index (κ2) is 5.67. The number of benzene rings is 1. The van der Waals surface area contributed by atoms with Gasteiger partial charge in [0.15, 0.2) is 0 Å². The fraction of sp³-hybridized carbons (Fsp3) is 0.438. The Morgan fingerprint density at radius 2 is 2.15 bits per heavy atom. The van der Waals surface area contributed by atoms with Crippen molar-refractivity contribution in [3.63, 3.8) is 0 Å². The molecular formula is C16H21N3O. The quantitative estimate of drug-likeness (QED) is 0.859. The van der Waals surface area contributed by atoms with Crippen molar-refractivity contribution in [2.24, 2.45) is 0 Å². The third-order valence-corrected chi connectivity index (χ3v) is 3.65. The molecule has 0 aliphatic carbocycles. The fourth-order valence-corrected chi connectivity index (χ4v) is 2.54. The molecule has 0 amide bonds. The molecule has 4 heteroatoms. The Kier molecular flexibility index (Phi) is 3.74. The van der Waals surface area contributed by atoms with Gasteiger partial charge in [-0.3, -0.25) is 4.68 Å². The van der Waals surface area contributed by atoms with Gasteiger partial charge in [-0.2, -0.15) is 5.10 Å². The number of para-hydroxylation sites is 1. The van der Waals surface area contributed by atoms with Crippen molar-refractivity contribution in [2.75, 3.05) is 18.1 Å². The van der Waals surface area contributed by atoms with Crippen LogP contribution in [0.5, 0.6) is 0 Å². The lowest BCUT2D eigenvalue weighted by atomic mass is 10.1. The van der Waals surface area contributed by atoms with Crippen LogP contribution in [0, 0.1) is 0 Å². The summed E-state index contributed by atoms with van der Waals surface area (Å²) in [5, 5.41) is 4.42. The summed E-state index contributed by atoms with van der Waals surface area (Å²) in [5.74, 6) is 0. The van der Waals surface area contributed by atoms with Crippen LogP contribution in [0.4, 0.5) is 5.69 Å². The number of ether oxygens (including phenoxy) is 1. The van der Waals surface area contributed by atoms with Crippen molar-refractivity contribution in [3.05, 3.63) is 47.8 Å². The maximum absolute atomic E-state index is 5.67. The molecule has 20 heavy (non-hydrogen) atoms. The van der Waals surface area contributed by atoms with Crippen molar-refractivity contribution < 1.29 is 4.74 Å². The highest BCUT2D eigenvalue weighted by Gasteiger charge is 2.16. The summed E-state index contributed by atoms with van der Waals surface area (Å²) < 4.78 is 7.68. The second-order valence-corrected chi connectivity index (χ2v) is 5.53. The molecule has 0 saturated heterocycles. The van der Waals surface area contributed by atoms with Gasteiger partial charge in [-0.25, -0.2) is 0 Å². The van der Waals surface area contributed by atoms with Crippen LogP contribution in [-0.2, 0) is 17.9 Å². The zero-order chi connectivity index (χ0) is 13.9. The highest BCUT2D eigenvalue weighted by molar-refractivity contribution is 5.54. The third-order valence-electron chi connectivity index (χ3n) is 3.65. The Labute approximate surface area is 120 Å². The van der Waals surface area contributed by atoms with E-state index in [2.05, 4.69) is 54.3 Å². The lowest BCUT2D eigenvalue weighted by molar-refractivity contribution is 0.132. The molecular weight excluding hydrogens is 250 g/mol. The van der Waals surface area contributed by atoms with E-state index in [4.69, 9.17) is 4.74 Å². The maximum atomic E-state index is 5.67. The summed E-state index contributed by atoms with van der Waals surface area (Å²) in [6.07, 6.45) is 4.10. The van der Waals surface area contributed by atoms with Crippen molar-refractivity contribution in [3.8, 4) is 0 Å². The Morgan fingerprint density at radius 3 is 2.95 bits per heavy atom. The number of fused-ring (bicyclic) bond motifs is 1. The minimum absolute atomic E-state index is 0.406. The number of aromatic nitrogens is 2. The van der Waals surface area contributed by atoms with E-state index in [1.165, 1.54) is 16.8 Å². The molecule has 1 aliphatic rings. The summed E-state index contributed by atoms with van der Waals surface area (Å²) in [4.78, 5) is 2.38. The fourth-order valence-electron chi connectivity index (χ4n) is 2.54. The summed E-state index contributed by atoms with van der Waals surface area (Å²) in [5.41, 5.74) is 3.79. The van der Waals surface area contributed by atoms with Gasteiger partial charge in [-0.1, -0.05) is 18.2 Å². The van der Waals surface area contributed by atoms with Crippen molar-refractivity contribution in [1.82, 2.24) is 9.78 Å². The van der Waals surface area contributed by atoms with Crippen LogP contribution < -0.4 is 4.90 Å². The van der Waals surface area contributed by atoms with E-state index in [1.807, 2.05) is 10.9 Å². The Morgan fingerprint density at radius 1 is 1.30 bits per heavy atom. The molecule has 0 radical (unpaired) electrons. The zero-order valence-electron chi connectivity index (χ0n) is 12.1. The molecule has 0 saturated carbocycles. The SMILES string of the molecule is CC(C)n1cc(CN2CCOCc3ccccc32)cn1. The van der Waals surface area contributed by atoms with E-state index in [9.17, 15) is 0 Å². The van der Waals surface area contributed by atoms with Crippen LogP contribution in [0.25, 0.3) is 0 Å². The van der Waals surface area contributed by atoms with Gasteiger partial charge in [0.1, 0.15) is 0 Å². The highest BCUT2D eigenvalue weighted by Crippen LogP contribution is 2.25. The van der Waals surface area contributed by atoms with E-state index < -0.39 is 0 Å². The zero-order valence-corrected chi connectivity index (χ0v) is 12.1. The van der Waals surface area contributed by atoms with Gasteiger partial charge in [0.05, 0.1) is 19.4 Å². The average Bonchev–Trinajstić information content (AvgIpc) is 2.82. The first-order valence-electron chi connectivity index (χ1n) is 7.17. The summed E-state index contributed by atoms with van der Waals surface area (Å²) in [7, 11) is 0. The van der Waals surface area contributed by atoms with Crippen LogP contribution in [-0.4, -0.2) is 22.9 Å². The summed E-state index contributed by atoms with van der Waals surface area (Å²) >= 11 is 0. The highest BCUT2D eigenvalue weighted by atomic mass is 16.5. The van der Waals surface area contributed by atoms with Gasteiger partial charge in [-0.05, 0) is 19.9 Å². The number of hydrogen-bond acceptors (Lipinski definition) is 3. The van der Waals surface area contributed by atoms with Gasteiger partial charge >= 0.3 is 0 Å². The molecule has 0 atom stereocenters. The molecule has 106 valence electrons. The Balaban J connectivity index is 1.82. The van der Waals surface area contributed by atoms with E-state index in [1.54, 1.807) is 0 Å². The average molecular weight is 271 g/mol. The monoisotopic (exact) mass is 271 g/mol. The molecule has 3 rings (SSSR count). The van der Waals surface area contributed by atoms with Gasteiger partial charge in [0.25, 0.3) is 0 Å². The van der Waals surface area contributed by atoms with Crippen LogP contribution in [0.2, 0.25) is 0 Å². The normalized spacial score (nSPS) is 15.2. The standard InChI is InChI=1S/C16H21N3O/c1-13(2)19-11-14(9-17-19)10-18-7-8-20-12-15-5-3-4-6-16(15)18/h3-6,9,11,13H,7-8,10,12H2,1-2H3. The largest absolute Gasteiger partial charge is 0.375 e. The molecule has 0 N–H and O–H groups in total. The van der Waals surface area contributed by atoms with Gasteiger partial charge in [0, 0.05) is 42.1 Å². The number of hydrogen-bond donors (Lipinski definition) is 0. The number of anilines is 1. The molecule has 0 fully saturated rings. The molecule has 2 heterocycles. The maximum Gasteiger partial charge on any atom is 0.0737 e. The lowest BCUT2D eigenvalue weighted by Gasteiger charge is -2.23. The Bertz CT molecular complexity index is 577. The molecule has 0 spiro atoms. The topological polar surface area (TPSA) is 30.3 Å². The van der Waals surface area contributed by atoms with Crippen LogP contribution >= 0.6 is 0 Å². The van der Waals surface area contributed by atoms with Gasteiger partial charge in [0.2, 0.25) is 0 Å². The smallest absolute Gasteiger partial charge is 0.0737 e. The summed E-state index contributed by atoms with van der Waals surface area (Å²) in [6.45, 7) is 7.57. The summed E-state index contributed by atoms with van der Waals surface area (Å²) in [6, 6.07) is 8.89. The predicted octanol–water partition coefficient (Wildman–Crippen LogP) is 3.00. The molecule has 1 aromatic carbocycles. The minimum Gasteiger partial charge on any atom is -0.375 e. The first kappa shape index (κ1) is 13.2. The molecule has 2 aromatic rings. The van der Waals surface area contributed by atoms with Crippen LogP contribution in [0.1, 0.15) is 31.0 Å².